The summed E-state index contributed by atoms with van der Waals surface area (Å²) in [5.41, 5.74) is 5.89. The number of fused-ring (bicyclic) bond motifs is 1. The number of aromatic nitrogens is 2. The Morgan fingerprint density at radius 3 is 2.07 bits per heavy atom. The molecule has 5 rings (SSSR count). The average molecular weight is 362 g/mol. The highest BCUT2D eigenvalue weighted by Gasteiger charge is 2.18. The predicted molar refractivity (Wildman–Crippen MR) is 114 cm³/mol. The Morgan fingerprint density at radius 2 is 1.25 bits per heavy atom. The molecule has 0 bridgehead atoms. The van der Waals surface area contributed by atoms with Crippen LogP contribution >= 0.6 is 0 Å². The number of phenolic OH excluding ortho intramolecular Hbond substituents is 1. The van der Waals surface area contributed by atoms with Crippen LogP contribution in [0.1, 0.15) is 0 Å². The second-order valence-electron chi connectivity index (χ2n) is 6.66. The minimum atomic E-state index is 0.219. The normalized spacial score (nSPS) is 11.0. The molecule has 0 fully saturated rings. The second-order valence-corrected chi connectivity index (χ2v) is 6.66. The molecule has 0 aliphatic heterocycles. The third kappa shape index (κ3) is 2.65. The molecule has 3 heteroatoms. The molecule has 5 aromatic rings. The van der Waals surface area contributed by atoms with Crippen LogP contribution < -0.4 is 0 Å². The van der Waals surface area contributed by atoms with Crippen molar-refractivity contribution in [2.24, 2.45) is 0 Å². The Labute approximate surface area is 163 Å². The Hall–Kier alpha value is -3.85. The Bertz CT molecular complexity index is 1270. The molecular formula is C25H18N2O. The summed E-state index contributed by atoms with van der Waals surface area (Å²) in [6.45, 7) is 0. The molecule has 1 aromatic heterocycles. The fraction of sp³-hybridized carbons (Fsp3) is 0. The van der Waals surface area contributed by atoms with Crippen molar-refractivity contribution < 1.29 is 5.11 Å². The lowest BCUT2D eigenvalue weighted by molar-refractivity contribution is 0.477. The van der Waals surface area contributed by atoms with Crippen molar-refractivity contribution in [3.8, 4) is 34.0 Å². The van der Waals surface area contributed by atoms with E-state index >= 15 is 0 Å². The fourth-order valence-electron chi connectivity index (χ4n) is 3.64. The lowest BCUT2D eigenvalue weighted by Gasteiger charge is -2.15. The Balaban J connectivity index is 1.86. The zero-order valence-electron chi connectivity index (χ0n) is 15.2. The topological polar surface area (TPSA) is 38.1 Å². The molecule has 0 saturated heterocycles. The van der Waals surface area contributed by atoms with Gasteiger partial charge in [0.1, 0.15) is 11.6 Å². The molecular weight excluding hydrogens is 344 g/mol. The van der Waals surface area contributed by atoms with Gasteiger partial charge in [-0.1, -0.05) is 72.8 Å². The van der Waals surface area contributed by atoms with Gasteiger partial charge in [-0.25, -0.2) is 4.98 Å². The zero-order valence-corrected chi connectivity index (χ0v) is 15.2. The monoisotopic (exact) mass is 362 g/mol. The van der Waals surface area contributed by atoms with Crippen LogP contribution in [-0.4, -0.2) is 14.7 Å². The van der Waals surface area contributed by atoms with Gasteiger partial charge in [0, 0.05) is 5.56 Å². The third-order valence-corrected chi connectivity index (χ3v) is 4.94. The van der Waals surface area contributed by atoms with E-state index in [-0.39, 0.29) is 5.75 Å². The molecule has 28 heavy (non-hydrogen) atoms. The van der Waals surface area contributed by atoms with E-state index in [2.05, 4.69) is 34.9 Å². The Morgan fingerprint density at radius 1 is 0.607 bits per heavy atom. The molecule has 0 aliphatic rings. The van der Waals surface area contributed by atoms with E-state index in [1.807, 2.05) is 66.7 Å². The summed E-state index contributed by atoms with van der Waals surface area (Å²) in [5.74, 6) is 0.943. The minimum Gasteiger partial charge on any atom is -0.507 e. The lowest BCUT2D eigenvalue weighted by Crippen LogP contribution is -2.00. The maximum absolute atomic E-state index is 10.5. The maximum atomic E-state index is 10.5. The quantitative estimate of drug-likeness (QED) is 0.423. The highest BCUT2D eigenvalue weighted by Crippen LogP contribution is 2.36. The number of benzene rings is 4. The lowest BCUT2D eigenvalue weighted by atomic mass is 10.0. The number of rotatable bonds is 3. The van der Waals surface area contributed by atoms with Gasteiger partial charge >= 0.3 is 0 Å². The standard InChI is InChI=1S/C25H18N2O/c28-24-17-9-5-13-20(24)25-26-21-14-6-8-16-23(21)27(25)22-15-7-4-12-19(22)18-10-2-1-3-11-18/h1-17,28H. The van der Waals surface area contributed by atoms with Crippen molar-refractivity contribution in [2.45, 2.75) is 0 Å². The van der Waals surface area contributed by atoms with E-state index in [0.717, 1.165) is 33.7 Å². The van der Waals surface area contributed by atoms with Crippen molar-refractivity contribution in [1.29, 1.82) is 0 Å². The van der Waals surface area contributed by atoms with E-state index in [1.54, 1.807) is 6.07 Å². The van der Waals surface area contributed by atoms with Gasteiger partial charge in [0.25, 0.3) is 0 Å². The van der Waals surface area contributed by atoms with Crippen LogP contribution in [0.4, 0.5) is 0 Å². The molecule has 0 amide bonds. The number of imidazole rings is 1. The van der Waals surface area contributed by atoms with Crippen molar-refractivity contribution in [2.75, 3.05) is 0 Å². The van der Waals surface area contributed by atoms with Crippen molar-refractivity contribution in [3.63, 3.8) is 0 Å². The molecule has 0 unspecified atom stereocenters. The van der Waals surface area contributed by atoms with Gasteiger partial charge in [-0.05, 0) is 35.9 Å². The van der Waals surface area contributed by atoms with Crippen LogP contribution in [0.5, 0.6) is 5.75 Å². The maximum Gasteiger partial charge on any atom is 0.149 e. The largest absolute Gasteiger partial charge is 0.507 e. The summed E-state index contributed by atoms with van der Waals surface area (Å²) in [5, 5.41) is 10.5. The van der Waals surface area contributed by atoms with E-state index in [9.17, 15) is 5.11 Å². The summed E-state index contributed by atoms with van der Waals surface area (Å²) >= 11 is 0. The molecule has 0 spiro atoms. The molecule has 0 aliphatic carbocycles. The first-order chi connectivity index (χ1) is 13.8. The molecule has 0 radical (unpaired) electrons. The number of aromatic hydroxyl groups is 1. The number of phenols is 1. The van der Waals surface area contributed by atoms with Crippen LogP contribution in [0.15, 0.2) is 103 Å². The fourth-order valence-corrected chi connectivity index (χ4v) is 3.64. The molecule has 134 valence electrons. The first-order valence-electron chi connectivity index (χ1n) is 9.23. The van der Waals surface area contributed by atoms with Gasteiger partial charge in [-0.3, -0.25) is 4.57 Å². The zero-order chi connectivity index (χ0) is 18.9. The third-order valence-electron chi connectivity index (χ3n) is 4.94. The second kappa shape index (κ2) is 6.71. The summed E-state index contributed by atoms with van der Waals surface area (Å²) in [7, 11) is 0. The van der Waals surface area contributed by atoms with Crippen LogP contribution in [0.25, 0.3) is 39.2 Å². The minimum absolute atomic E-state index is 0.219. The van der Waals surface area contributed by atoms with Crippen molar-refractivity contribution in [1.82, 2.24) is 9.55 Å². The summed E-state index contributed by atoms with van der Waals surface area (Å²) in [4.78, 5) is 4.86. The molecule has 4 aromatic carbocycles. The van der Waals surface area contributed by atoms with E-state index in [1.165, 1.54) is 0 Å². The average Bonchev–Trinajstić information content (AvgIpc) is 3.14. The number of para-hydroxylation sites is 4. The van der Waals surface area contributed by atoms with Crippen molar-refractivity contribution >= 4 is 11.0 Å². The van der Waals surface area contributed by atoms with E-state index in [0.29, 0.717) is 5.56 Å². The van der Waals surface area contributed by atoms with Gasteiger partial charge in [0.05, 0.1) is 22.3 Å². The molecule has 3 nitrogen and oxygen atoms in total. The highest BCUT2D eigenvalue weighted by atomic mass is 16.3. The first kappa shape index (κ1) is 16.3. The smallest absolute Gasteiger partial charge is 0.149 e. The number of nitrogens with zero attached hydrogens (tertiary/aromatic N) is 2. The molecule has 1 N–H and O–H groups in total. The molecule has 0 saturated carbocycles. The SMILES string of the molecule is Oc1ccccc1-c1nc2ccccc2n1-c1ccccc1-c1ccccc1. The van der Waals surface area contributed by atoms with Gasteiger partial charge in [-0.15, -0.1) is 0 Å². The number of hydrogen-bond acceptors (Lipinski definition) is 2. The van der Waals surface area contributed by atoms with Crippen LogP contribution in [0.2, 0.25) is 0 Å². The van der Waals surface area contributed by atoms with Gasteiger partial charge in [-0.2, -0.15) is 0 Å². The molecule has 1 heterocycles. The van der Waals surface area contributed by atoms with Crippen LogP contribution in [-0.2, 0) is 0 Å². The predicted octanol–water partition coefficient (Wildman–Crippen LogP) is 6.07. The molecule has 0 atom stereocenters. The highest BCUT2D eigenvalue weighted by molar-refractivity contribution is 5.87. The summed E-state index contributed by atoms with van der Waals surface area (Å²) < 4.78 is 2.13. The van der Waals surface area contributed by atoms with Crippen molar-refractivity contribution in [3.05, 3.63) is 103 Å². The summed E-state index contributed by atoms with van der Waals surface area (Å²) in [6.07, 6.45) is 0. The van der Waals surface area contributed by atoms with Crippen LogP contribution in [0.3, 0.4) is 0 Å². The van der Waals surface area contributed by atoms with E-state index in [4.69, 9.17) is 4.98 Å². The van der Waals surface area contributed by atoms with Gasteiger partial charge < -0.3 is 5.11 Å². The Kier molecular flexibility index (Phi) is 3.91. The first-order valence-corrected chi connectivity index (χ1v) is 9.23. The van der Waals surface area contributed by atoms with Crippen LogP contribution in [0, 0.1) is 0 Å². The van der Waals surface area contributed by atoms with Gasteiger partial charge in [0.2, 0.25) is 0 Å². The summed E-state index contributed by atoms with van der Waals surface area (Å²) in [6, 6.07) is 34.0. The van der Waals surface area contributed by atoms with E-state index < -0.39 is 0 Å². The number of hydrogen-bond donors (Lipinski definition) is 1. The van der Waals surface area contributed by atoms with Gasteiger partial charge in [0.15, 0.2) is 0 Å².